The predicted molar refractivity (Wildman–Crippen MR) is 71.8 cm³/mol. The number of Topliss-reactive ketones (excluding diaryl/α,β-unsaturated/α-hetero) is 1. The molecule has 0 aromatic heterocycles. The molecular weight excluding hydrogens is 238 g/mol. The first-order chi connectivity index (χ1) is 9.25. The van der Waals surface area contributed by atoms with Crippen molar-refractivity contribution in [3.8, 4) is 0 Å². The van der Waals surface area contributed by atoms with Gasteiger partial charge in [0.05, 0.1) is 17.8 Å². The third-order valence-electron chi connectivity index (χ3n) is 3.82. The predicted octanol–water partition coefficient (Wildman–Crippen LogP) is 2.84. The fraction of sp³-hybridized carbons (Fsp3) is 0.125. The molecule has 0 saturated carbocycles. The number of carbonyl (C=O) groups is 2. The molecule has 0 fully saturated rings. The first kappa shape index (κ1) is 10.5. The van der Waals surface area contributed by atoms with Crippen LogP contribution in [0, 0.1) is 0 Å². The van der Waals surface area contributed by atoms with Crippen LogP contribution in [0.4, 0.5) is 11.4 Å². The molecule has 0 bridgehead atoms. The Balaban J connectivity index is 2.06. The number of nitrogens with zero attached hydrogens (tertiary/aromatic N) is 1. The maximum absolute atomic E-state index is 12.3. The standard InChI is InChI=1S/C16H11NO2/c18-14-9-15(19)17-13-7-2-1-4-10(13)8-11-5-3-6-12(14)16(11)17/h1-7H,8-9H2. The maximum atomic E-state index is 12.3. The highest BCUT2D eigenvalue weighted by Gasteiger charge is 2.36. The van der Waals surface area contributed by atoms with Gasteiger partial charge in [0, 0.05) is 12.0 Å². The van der Waals surface area contributed by atoms with E-state index in [9.17, 15) is 9.59 Å². The van der Waals surface area contributed by atoms with Gasteiger partial charge in [0.2, 0.25) is 5.91 Å². The Morgan fingerprint density at radius 2 is 1.63 bits per heavy atom. The van der Waals surface area contributed by atoms with Crippen molar-refractivity contribution in [3.05, 3.63) is 59.2 Å². The van der Waals surface area contributed by atoms with Gasteiger partial charge in [-0.05, 0) is 23.3 Å². The molecule has 2 aromatic rings. The molecule has 0 aliphatic carbocycles. The summed E-state index contributed by atoms with van der Waals surface area (Å²) in [5, 5.41) is 0. The molecule has 2 aliphatic heterocycles. The van der Waals surface area contributed by atoms with E-state index in [1.807, 2.05) is 42.5 Å². The highest BCUT2D eigenvalue weighted by atomic mass is 16.2. The number of hydrogen-bond acceptors (Lipinski definition) is 2. The monoisotopic (exact) mass is 249 g/mol. The molecular formula is C16H11NO2. The second-order valence-electron chi connectivity index (χ2n) is 4.95. The number of carbonyl (C=O) groups excluding carboxylic acids is 2. The van der Waals surface area contributed by atoms with Gasteiger partial charge < -0.3 is 0 Å². The lowest BCUT2D eigenvalue weighted by atomic mass is 9.88. The van der Waals surface area contributed by atoms with Crippen molar-refractivity contribution >= 4 is 23.1 Å². The highest BCUT2D eigenvalue weighted by Crippen LogP contribution is 2.43. The zero-order valence-electron chi connectivity index (χ0n) is 10.2. The molecule has 0 saturated heterocycles. The van der Waals surface area contributed by atoms with E-state index in [1.165, 1.54) is 0 Å². The fourth-order valence-corrected chi connectivity index (χ4v) is 3.00. The Morgan fingerprint density at radius 3 is 2.53 bits per heavy atom. The van der Waals surface area contributed by atoms with Gasteiger partial charge in [0.15, 0.2) is 5.78 Å². The Kier molecular flexibility index (Phi) is 1.96. The Hall–Kier alpha value is -2.42. The summed E-state index contributed by atoms with van der Waals surface area (Å²) in [5.41, 5.74) is 4.57. The second-order valence-corrected chi connectivity index (χ2v) is 4.95. The number of para-hydroxylation sites is 2. The summed E-state index contributed by atoms with van der Waals surface area (Å²) in [4.78, 5) is 26.0. The van der Waals surface area contributed by atoms with Gasteiger partial charge in [-0.3, -0.25) is 14.5 Å². The van der Waals surface area contributed by atoms with Crippen molar-refractivity contribution < 1.29 is 9.59 Å². The van der Waals surface area contributed by atoms with E-state index in [1.54, 1.807) is 4.90 Å². The zero-order chi connectivity index (χ0) is 13.0. The smallest absolute Gasteiger partial charge is 0.239 e. The topological polar surface area (TPSA) is 37.4 Å². The van der Waals surface area contributed by atoms with Gasteiger partial charge in [0.25, 0.3) is 0 Å². The van der Waals surface area contributed by atoms with Gasteiger partial charge >= 0.3 is 0 Å². The molecule has 2 heterocycles. The van der Waals surface area contributed by atoms with E-state index < -0.39 is 0 Å². The largest absolute Gasteiger partial charge is 0.294 e. The third-order valence-corrected chi connectivity index (χ3v) is 3.82. The van der Waals surface area contributed by atoms with Crippen molar-refractivity contribution in [1.29, 1.82) is 0 Å². The Bertz CT molecular complexity index is 733. The summed E-state index contributed by atoms with van der Waals surface area (Å²) in [6.07, 6.45) is 0.737. The lowest BCUT2D eigenvalue weighted by Gasteiger charge is -2.35. The van der Waals surface area contributed by atoms with Crippen LogP contribution in [0.15, 0.2) is 42.5 Å². The first-order valence-corrected chi connectivity index (χ1v) is 6.31. The quantitative estimate of drug-likeness (QED) is 0.673. The van der Waals surface area contributed by atoms with Crippen molar-refractivity contribution in [2.24, 2.45) is 0 Å². The molecule has 2 aliphatic rings. The van der Waals surface area contributed by atoms with E-state index in [2.05, 4.69) is 0 Å². The van der Waals surface area contributed by atoms with Crippen LogP contribution < -0.4 is 4.90 Å². The van der Waals surface area contributed by atoms with Gasteiger partial charge in [-0.2, -0.15) is 0 Å². The summed E-state index contributed by atoms with van der Waals surface area (Å²) < 4.78 is 0. The number of benzene rings is 2. The van der Waals surface area contributed by atoms with Crippen LogP contribution in [0.3, 0.4) is 0 Å². The minimum atomic E-state index is -0.128. The number of amides is 1. The van der Waals surface area contributed by atoms with Crippen molar-refractivity contribution in [2.45, 2.75) is 12.8 Å². The lowest BCUT2D eigenvalue weighted by Crippen LogP contribution is -2.37. The van der Waals surface area contributed by atoms with Crippen LogP contribution in [-0.4, -0.2) is 11.7 Å². The van der Waals surface area contributed by atoms with Crippen LogP contribution in [0.5, 0.6) is 0 Å². The fourth-order valence-electron chi connectivity index (χ4n) is 3.00. The van der Waals surface area contributed by atoms with Crippen molar-refractivity contribution in [1.82, 2.24) is 0 Å². The maximum Gasteiger partial charge on any atom is 0.239 e. The first-order valence-electron chi connectivity index (χ1n) is 6.31. The summed E-state index contributed by atoms with van der Waals surface area (Å²) in [7, 11) is 0. The normalized spacial score (nSPS) is 16.1. The van der Waals surface area contributed by atoms with Crippen LogP contribution >= 0.6 is 0 Å². The molecule has 92 valence electrons. The summed E-state index contributed by atoms with van der Waals surface area (Å²) in [5.74, 6) is -0.199. The average molecular weight is 249 g/mol. The van der Waals surface area contributed by atoms with E-state index in [-0.39, 0.29) is 18.1 Å². The number of hydrogen-bond donors (Lipinski definition) is 0. The molecule has 19 heavy (non-hydrogen) atoms. The second kappa shape index (κ2) is 3.54. The highest BCUT2D eigenvalue weighted by molar-refractivity contribution is 6.23. The minimum absolute atomic E-state index is 0.0369. The van der Waals surface area contributed by atoms with Crippen molar-refractivity contribution in [2.75, 3.05) is 4.90 Å². The third kappa shape index (κ3) is 1.32. The van der Waals surface area contributed by atoms with Crippen LogP contribution in [0.25, 0.3) is 0 Å². The SMILES string of the molecule is O=C1CC(=O)N2c3ccccc3Cc3cccc1c32. The minimum Gasteiger partial charge on any atom is -0.294 e. The Labute approximate surface area is 110 Å². The van der Waals surface area contributed by atoms with Crippen LogP contribution in [0.2, 0.25) is 0 Å². The van der Waals surface area contributed by atoms with Gasteiger partial charge in [0.1, 0.15) is 0 Å². The van der Waals surface area contributed by atoms with E-state index in [4.69, 9.17) is 0 Å². The number of ketones is 1. The molecule has 0 N–H and O–H groups in total. The number of anilines is 2. The average Bonchev–Trinajstić information content (AvgIpc) is 2.42. The van der Waals surface area contributed by atoms with Crippen molar-refractivity contribution in [3.63, 3.8) is 0 Å². The van der Waals surface area contributed by atoms with Gasteiger partial charge in [-0.15, -0.1) is 0 Å². The van der Waals surface area contributed by atoms with E-state index >= 15 is 0 Å². The molecule has 1 amide bonds. The molecule has 3 nitrogen and oxygen atoms in total. The van der Waals surface area contributed by atoms with E-state index in [0.29, 0.717) is 5.56 Å². The van der Waals surface area contributed by atoms with Gasteiger partial charge in [-0.1, -0.05) is 30.3 Å². The molecule has 2 aromatic carbocycles. The zero-order valence-corrected chi connectivity index (χ0v) is 10.2. The molecule has 0 spiro atoms. The number of rotatable bonds is 0. The summed E-state index contributed by atoms with van der Waals surface area (Å²) in [6.45, 7) is 0. The molecule has 0 unspecified atom stereocenters. The summed E-state index contributed by atoms with van der Waals surface area (Å²) >= 11 is 0. The van der Waals surface area contributed by atoms with Gasteiger partial charge in [-0.25, -0.2) is 0 Å². The summed E-state index contributed by atoms with van der Waals surface area (Å²) in [6, 6.07) is 13.6. The van der Waals surface area contributed by atoms with Crippen LogP contribution in [-0.2, 0) is 11.2 Å². The lowest BCUT2D eigenvalue weighted by molar-refractivity contribution is -0.117. The molecule has 0 atom stereocenters. The molecule has 0 radical (unpaired) electrons. The van der Waals surface area contributed by atoms with E-state index in [0.717, 1.165) is 28.9 Å². The number of fused-ring (bicyclic) bond motifs is 2. The molecule has 3 heteroatoms. The Morgan fingerprint density at radius 1 is 0.842 bits per heavy atom. The molecule has 4 rings (SSSR count). The van der Waals surface area contributed by atoms with Crippen LogP contribution in [0.1, 0.15) is 27.9 Å².